The number of aromatic nitrogens is 1. The average molecular weight is 318 g/mol. The van der Waals surface area contributed by atoms with Crippen molar-refractivity contribution in [3.63, 3.8) is 0 Å². The molecule has 2 heterocycles. The molecule has 0 fully saturated rings. The number of pyridine rings is 1. The second kappa shape index (κ2) is 5.96. The lowest BCUT2D eigenvalue weighted by atomic mass is 10.1. The first-order valence-corrected chi connectivity index (χ1v) is 8.10. The number of fused-ring (bicyclic) bond motifs is 2. The molecule has 0 radical (unpaired) electrons. The van der Waals surface area contributed by atoms with E-state index in [-0.39, 0.29) is 18.6 Å². The van der Waals surface area contributed by atoms with E-state index in [2.05, 4.69) is 18.0 Å². The molecule has 24 heavy (non-hydrogen) atoms. The molecular formula is C20H18N2O2. The first-order chi connectivity index (χ1) is 11.7. The Morgan fingerprint density at radius 3 is 2.92 bits per heavy atom. The number of carbonyl (C=O) groups is 1. The van der Waals surface area contributed by atoms with E-state index in [1.807, 2.05) is 53.4 Å². The van der Waals surface area contributed by atoms with Gasteiger partial charge in [0.15, 0.2) is 6.61 Å². The molecule has 0 saturated heterocycles. The first kappa shape index (κ1) is 14.7. The summed E-state index contributed by atoms with van der Waals surface area (Å²) in [5.41, 5.74) is 2.99. The van der Waals surface area contributed by atoms with Crippen LogP contribution in [0.2, 0.25) is 0 Å². The Bertz CT molecular complexity index is 902. The van der Waals surface area contributed by atoms with Crippen LogP contribution in [0.5, 0.6) is 5.75 Å². The van der Waals surface area contributed by atoms with E-state index in [9.17, 15) is 4.79 Å². The molecule has 4 rings (SSSR count). The summed E-state index contributed by atoms with van der Waals surface area (Å²) in [6, 6.07) is 17.8. The van der Waals surface area contributed by atoms with Gasteiger partial charge in [-0.3, -0.25) is 9.78 Å². The monoisotopic (exact) mass is 318 g/mol. The molecule has 1 aliphatic rings. The number of carbonyl (C=O) groups excluding carboxylic acids is 1. The molecule has 0 saturated carbocycles. The number of hydrogen-bond acceptors (Lipinski definition) is 3. The van der Waals surface area contributed by atoms with Crippen LogP contribution in [0.25, 0.3) is 10.9 Å². The van der Waals surface area contributed by atoms with Crippen molar-refractivity contribution in [3.8, 4) is 5.75 Å². The minimum atomic E-state index is -0.0274. The molecule has 0 N–H and O–H groups in total. The molecule has 1 amide bonds. The molecule has 2 aromatic carbocycles. The number of ether oxygens (including phenoxy) is 1. The number of anilines is 1. The third kappa shape index (κ3) is 2.50. The summed E-state index contributed by atoms with van der Waals surface area (Å²) < 4.78 is 5.80. The van der Waals surface area contributed by atoms with E-state index in [0.717, 1.165) is 23.0 Å². The Balaban J connectivity index is 1.55. The van der Waals surface area contributed by atoms with Gasteiger partial charge in [0, 0.05) is 23.3 Å². The van der Waals surface area contributed by atoms with Crippen LogP contribution in [0.1, 0.15) is 12.5 Å². The highest BCUT2D eigenvalue weighted by molar-refractivity contribution is 5.97. The fourth-order valence-corrected chi connectivity index (χ4v) is 3.35. The summed E-state index contributed by atoms with van der Waals surface area (Å²) in [7, 11) is 0. The van der Waals surface area contributed by atoms with Gasteiger partial charge in [-0.2, -0.15) is 0 Å². The van der Waals surface area contributed by atoms with Gasteiger partial charge in [-0.15, -0.1) is 0 Å². The zero-order valence-corrected chi connectivity index (χ0v) is 13.5. The smallest absolute Gasteiger partial charge is 0.265 e. The second-order valence-electron chi connectivity index (χ2n) is 6.07. The SMILES string of the molecule is C[C@H]1Cc2ccccc2N1C(=O)COc1cccc2cccnc12. The number of hydrogen-bond donors (Lipinski definition) is 0. The maximum Gasteiger partial charge on any atom is 0.265 e. The molecule has 3 aromatic rings. The van der Waals surface area contributed by atoms with Crippen LogP contribution in [0.15, 0.2) is 60.8 Å². The third-order valence-corrected chi connectivity index (χ3v) is 4.42. The zero-order chi connectivity index (χ0) is 16.5. The van der Waals surface area contributed by atoms with Crippen LogP contribution >= 0.6 is 0 Å². The maximum absolute atomic E-state index is 12.7. The van der Waals surface area contributed by atoms with Gasteiger partial charge < -0.3 is 9.64 Å². The van der Waals surface area contributed by atoms with Gasteiger partial charge in [-0.25, -0.2) is 0 Å². The second-order valence-corrected chi connectivity index (χ2v) is 6.07. The maximum atomic E-state index is 12.7. The lowest BCUT2D eigenvalue weighted by molar-refractivity contribution is -0.120. The highest BCUT2D eigenvalue weighted by Crippen LogP contribution is 2.32. The van der Waals surface area contributed by atoms with Gasteiger partial charge in [-0.1, -0.05) is 36.4 Å². The largest absolute Gasteiger partial charge is 0.481 e. The van der Waals surface area contributed by atoms with Crippen LogP contribution in [0, 0.1) is 0 Å². The number of benzene rings is 2. The Morgan fingerprint density at radius 2 is 2.00 bits per heavy atom. The van der Waals surface area contributed by atoms with Gasteiger partial charge in [0.25, 0.3) is 5.91 Å². The number of nitrogens with zero attached hydrogens (tertiary/aromatic N) is 2. The van der Waals surface area contributed by atoms with Crippen molar-refractivity contribution in [2.45, 2.75) is 19.4 Å². The van der Waals surface area contributed by atoms with Gasteiger partial charge >= 0.3 is 0 Å². The van der Waals surface area contributed by atoms with Crippen molar-refractivity contribution < 1.29 is 9.53 Å². The molecule has 1 atom stereocenters. The molecule has 4 heteroatoms. The highest BCUT2D eigenvalue weighted by Gasteiger charge is 2.30. The third-order valence-electron chi connectivity index (χ3n) is 4.42. The van der Waals surface area contributed by atoms with Gasteiger partial charge in [-0.05, 0) is 37.1 Å². The Morgan fingerprint density at radius 1 is 1.17 bits per heavy atom. The van der Waals surface area contributed by atoms with Crippen molar-refractivity contribution in [3.05, 3.63) is 66.4 Å². The predicted molar refractivity (Wildman–Crippen MR) is 94.3 cm³/mol. The van der Waals surface area contributed by atoms with Crippen molar-refractivity contribution in [1.82, 2.24) is 4.98 Å². The van der Waals surface area contributed by atoms with Crippen LogP contribution in [-0.2, 0) is 11.2 Å². The topological polar surface area (TPSA) is 42.4 Å². The minimum Gasteiger partial charge on any atom is -0.481 e. The van der Waals surface area contributed by atoms with Crippen LogP contribution in [-0.4, -0.2) is 23.5 Å². The molecule has 0 unspecified atom stereocenters. The molecular weight excluding hydrogens is 300 g/mol. The molecule has 0 aliphatic carbocycles. The molecule has 1 aliphatic heterocycles. The molecule has 4 nitrogen and oxygen atoms in total. The van der Waals surface area contributed by atoms with Crippen LogP contribution in [0.4, 0.5) is 5.69 Å². The molecule has 0 spiro atoms. The first-order valence-electron chi connectivity index (χ1n) is 8.10. The predicted octanol–water partition coefficient (Wildman–Crippen LogP) is 3.59. The van der Waals surface area contributed by atoms with E-state index in [1.165, 1.54) is 5.56 Å². The quantitative estimate of drug-likeness (QED) is 0.741. The van der Waals surface area contributed by atoms with Gasteiger partial charge in [0.05, 0.1) is 0 Å². The Kier molecular flexibility index (Phi) is 3.65. The Labute approximate surface area is 140 Å². The van der Waals surface area contributed by atoms with E-state index in [0.29, 0.717) is 5.75 Å². The van der Waals surface area contributed by atoms with Crippen LogP contribution < -0.4 is 9.64 Å². The van der Waals surface area contributed by atoms with Crippen molar-refractivity contribution in [1.29, 1.82) is 0 Å². The fraction of sp³-hybridized carbons (Fsp3) is 0.200. The Hall–Kier alpha value is -2.88. The average Bonchev–Trinajstić information content (AvgIpc) is 2.95. The van der Waals surface area contributed by atoms with E-state index >= 15 is 0 Å². The van der Waals surface area contributed by atoms with Gasteiger partial charge in [0.1, 0.15) is 11.3 Å². The molecule has 1 aromatic heterocycles. The van der Waals surface area contributed by atoms with E-state index in [4.69, 9.17) is 4.74 Å². The van der Waals surface area contributed by atoms with Crippen molar-refractivity contribution in [2.75, 3.05) is 11.5 Å². The minimum absolute atomic E-state index is 0.00830. The van der Waals surface area contributed by atoms with Crippen molar-refractivity contribution >= 4 is 22.5 Å². The van der Waals surface area contributed by atoms with Crippen molar-refractivity contribution in [2.24, 2.45) is 0 Å². The summed E-state index contributed by atoms with van der Waals surface area (Å²) in [5, 5.41) is 1.00. The van der Waals surface area contributed by atoms with E-state index < -0.39 is 0 Å². The highest BCUT2D eigenvalue weighted by atomic mass is 16.5. The summed E-state index contributed by atoms with van der Waals surface area (Å²) in [6.45, 7) is 2.08. The lowest BCUT2D eigenvalue weighted by Crippen LogP contribution is -2.39. The number of amides is 1. The zero-order valence-electron chi connectivity index (χ0n) is 13.5. The summed E-state index contributed by atoms with van der Waals surface area (Å²) in [4.78, 5) is 18.9. The van der Waals surface area contributed by atoms with Crippen LogP contribution in [0.3, 0.4) is 0 Å². The molecule has 0 bridgehead atoms. The lowest BCUT2D eigenvalue weighted by Gasteiger charge is -2.22. The summed E-state index contributed by atoms with van der Waals surface area (Å²) in [6.07, 6.45) is 2.62. The molecule has 120 valence electrons. The number of rotatable bonds is 3. The fourth-order valence-electron chi connectivity index (χ4n) is 3.35. The van der Waals surface area contributed by atoms with Gasteiger partial charge in [0.2, 0.25) is 0 Å². The summed E-state index contributed by atoms with van der Waals surface area (Å²) >= 11 is 0. The normalized spacial score (nSPS) is 16.2. The summed E-state index contributed by atoms with van der Waals surface area (Å²) in [5.74, 6) is 0.613. The number of para-hydroxylation sites is 2. The van der Waals surface area contributed by atoms with E-state index in [1.54, 1.807) is 6.20 Å². The standard InChI is InChI=1S/C20H18N2O2/c1-14-12-16-6-2-3-9-17(16)22(14)19(23)13-24-18-10-4-7-15-8-5-11-21-20(15)18/h2-11,14H,12-13H2,1H3/t14-/m0/s1.